The molecule has 0 amide bonds. The van der Waals surface area contributed by atoms with Gasteiger partial charge in [0, 0.05) is 22.2 Å². The SMILES string of the molecule is Cl.O=C(O)c1ccc(-c2ccc(CCNC[C@H](O)c3cccc(Cl)c3)cc2Cl)cc1. The maximum absolute atomic E-state index is 11.0. The zero-order valence-electron chi connectivity index (χ0n) is 16.0. The average molecular weight is 467 g/mol. The van der Waals surface area contributed by atoms with Crippen LogP contribution in [0.5, 0.6) is 0 Å². The minimum Gasteiger partial charge on any atom is -0.478 e. The smallest absolute Gasteiger partial charge is 0.335 e. The van der Waals surface area contributed by atoms with Crippen molar-refractivity contribution in [1.82, 2.24) is 5.32 Å². The zero-order valence-corrected chi connectivity index (χ0v) is 18.3. The van der Waals surface area contributed by atoms with Crippen LogP contribution in [0.2, 0.25) is 10.0 Å². The molecule has 158 valence electrons. The third-order valence-corrected chi connectivity index (χ3v) is 5.19. The number of benzene rings is 3. The number of aliphatic hydroxyl groups is 1. The van der Waals surface area contributed by atoms with Gasteiger partial charge in [0.15, 0.2) is 0 Å². The number of aromatic carboxylic acids is 1. The van der Waals surface area contributed by atoms with Gasteiger partial charge in [-0.15, -0.1) is 12.4 Å². The lowest BCUT2D eigenvalue weighted by Gasteiger charge is -2.13. The topological polar surface area (TPSA) is 69.6 Å². The van der Waals surface area contributed by atoms with E-state index in [0.717, 1.165) is 28.7 Å². The molecule has 0 aliphatic heterocycles. The van der Waals surface area contributed by atoms with Crippen LogP contribution in [0.25, 0.3) is 11.1 Å². The molecule has 0 spiro atoms. The van der Waals surface area contributed by atoms with E-state index in [1.807, 2.05) is 30.3 Å². The van der Waals surface area contributed by atoms with Gasteiger partial charge in [-0.3, -0.25) is 0 Å². The highest BCUT2D eigenvalue weighted by Crippen LogP contribution is 2.29. The molecule has 3 N–H and O–H groups in total. The number of nitrogens with one attached hydrogen (secondary N) is 1. The normalized spacial score (nSPS) is 11.6. The van der Waals surface area contributed by atoms with E-state index in [9.17, 15) is 9.90 Å². The summed E-state index contributed by atoms with van der Waals surface area (Å²) in [6.07, 6.45) is 0.147. The maximum Gasteiger partial charge on any atom is 0.335 e. The fraction of sp³-hybridized carbons (Fsp3) is 0.174. The Labute approximate surface area is 191 Å². The Morgan fingerprint density at radius 3 is 2.37 bits per heavy atom. The minimum atomic E-state index is -0.953. The summed E-state index contributed by atoms with van der Waals surface area (Å²) < 4.78 is 0. The Kier molecular flexibility index (Phi) is 9.15. The van der Waals surface area contributed by atoms with Gasteiger partial charge in [0.25, 0.3) is 0 Å². The maximum atomic E-state index is 11.0. The van der Waals surface area contributed by atoms with Crippen molar-refractivity contribution in [3.05, 3.63) is 93.5 Å². The predicted molar refractivity (Wildman–Crippen MR) is 124 cm³/mol. The highest BCUT2D eigenvalue weighted by atomic mass is 35.5. The number of halogens is 3. The van der Waals surface area contributed by atoms with Gasteiger partial charge in [-0.2, -0.15) is 0 Å². The van der Waals surface area contributed by atoms with Gasteiger partial charge in [-0.05, 0) is 60.0 Å². The third kappa shape index (κ3) is 6.46. The molecule has 0 aliphatic rings. The molecular weight excluding hydrogens is 445 g/mol. The van der Waals surface area contributed by atoms with E-state index < -0.39 is 12.1 Å². The Bertz CT molecular complexity index is 993. The average Bonchev–Trinajstić information content (AvgIpc) is 2.71. The number of aliphatic hydroxyl groups excluding tert-OH is 1. The summed E-state index contributed by atoms with van der Waals surface area (Å²) in [6.45, 7) is 1.13. The van der Waals surface area contributed by atoms with Crippen LogP contribution in [0.4, 0.5) is 0 Å². The highest BCUT2D eigenvalue weighted by molar-refractivity contribution is 6.33. The van der Waals surface area contributed by atoms with Crippen LogP contribution < -0.4 is 5.32 Å². The van der Waals surface area contributed by atoms with Gasteiger partial charge in [0.1, 0.15) is 0 Å². The molecule has 4 nitrogen and oxygen atoms in total. The van der Waals surface area contributed by atoms with Crippen LogP contribution in [0.3, 0.4) is 0 Å². The lowest BCUT2D eigenvalue weighted by Crippen LogP contribution is -2.23. The van der Waals surface area contributed by atoms with Crippen molar-refractivity contribution in [3.63, 3.8) is 0 Å². The number of rotatable bonds is 8. The van der Waals surface area contributed by atoms with Crippen LogP contribution >= 0.6 is 35.6 Å². The van der Waals surface area contributed by atoms with E-state index in [-0.39, 0.29) is 18.0 Å². The van der Waals surface area contributed by atoms with E-state index >= 15 is 0 Å². The lowest BCUT2D eigenvalue weighted by atomic mass is 10.0. The molecule has 1 atom stereocenters. The monoisotopic (exact) mass is 465 g/mol. The fourth-order valence-corrected chi connectivity index (χ4v) is 3.55. The molecule has 3 aromatic rings. The largest absolute Gasteiger partial charge is 0.478 e. The van der Waals surface area contributed by atoms with Crippen molar-refractivity contribution in [1.29, 1.82) is 0 Å². The number of carboxylic acids is 1. The predicted octanol–water partition coefficient (Wildman–Crippen LogP) is 5.65. The summed E-state index contributed by atoms with van der Waals surface area (Å²) >= 11 is 12.4. The molecule has 3 aromatic carbocycles. The van der Waals surface area contributed by atoms with Crippen LogP contribution in [0, 0.1) is 0 Å². The molecule has 0 bridgehead atoms. The first-order valence-corrected chi connectivity index (χ1v) is 9.96. The Morgan fingerprint density at radius 1 is 1.00 bits per heavy atom. The second-order valence-corrected chi connectivity index (χ2v) is 7.57. The number of hydrogen-bond acceptors (Lipinski definition) is 3. The van der Waals surface area contributed by atoms with Crippen molar-refractivity contribution in [3.8, 4) is 11.1 Å². The molecule has 0 saturated heterocycles. The lowest BCUT2D eigenvalue weighted by molar-refractivity contribution is 0.0697. The quantitative estimate of drug-likeness (QED) is 0.375. The molecule has 0 fully saturated rings. The molecule has 3 rings (SSSR count). The van der Waals surface area contributed by atoms with Crippen molar-refractivity contribution in [2.24, 2.45) is 0 Å². The fourth-order valence-electron chi connectivity index (χ4n) is 3.04. The summed E-state index contributed by atoms with van der Waals surface area (Å²) in [7, 11) is 0. The molecule has 0 radical (unpaired) electrons. The van der Waals surface area contributed by atoms with Gasteiger partial charge in [0.2, 0.25) is 0 Å². The van der Waals surface area contributed by atoms with Gasteiger partial charge >= 0.3 is 5.97 Å². The first-order chi connectivity index (χ1) is 13.9. The molecule has 30 heavy (non-hydrogen) atoms. The summed E-state index contributed by atoms with van der Waals surface area (Å²) in [6, 6.07) is 19.7. The van der Waals surface area contributed by atoms with Crippen LogP contribution in [-0.2, 0) is 6.42 Å². The van der Waals surface area contributed by atoms with Crippen molar-refractivity contribution in [2.75, 3.05) is 13.1 Å². The number of carboxylic acid groups (broad SMARTS) is 1. The Hall–Kier alpha value is -2.08. The molecule has 7 heteroatoms. The third-order valence-electron chi connectivity index (χ3n) is 4.64. The van der Waals surface area contributed by atoms with Crippen molar-refractivity contribution >= 4 is 41.6 Å². The molecule has 0 aromatic heterocycles. The highest BCUT2D eigenvalue weighted by Gasteiger charge is 2.09. The molecule has 0 unspecified atom stereocenters. The van der Waals surface area contributed by atoms with Crippen LogP contribution in [-0.4, -0.2) is 29.3 Å². The van der Waals surface area contributed by atoms with E-state index in [2.05, 4.69) is 5.32 Å². The van der Waals surface area contributed by atoms with E-state index in [1.54, 1.807) is 36.4 Å². The standard InChI is InChI=1S/C23H21Cl2NO3.ClH/c24-19-3-1-2-18(13-19)22(27)14-26-11-10-15-4-9-20(21(25)12-15)16-5-7-17(8-6-16)23(28)29;/h1-9,12-13,22,26-27H,10-11,14H2,(H,28,29);1H/t22-;/m0./s1. The first-order valence-electron chi connectivity index (χ1n) is 9.20. The summed E-state index contributed by atoms with van der Waals surface area (Å²) in [5, 5.41) is 23.7. The van der Waals surface area contributed by atoms with E-state index in [1.165, 1.54) is 0 Å². The van der Waals surface area contributed by atoms with Crippen LogP contribution in [0.1, 0.15) is 27.6 Å². The van der Waals surface area contributed by atoms with Crippen molar-refractivity contribution in [2.45, 2.75) is 12.5 Å². The molecule has 0 saturated carbocycles. The van der Waals surface area contributed by atoms with E-state index in [0.29, 0.717) is 23.1 Å². The number of hydrogen-bond donors (Lipinski definition) is 3. The van der Waals surface area contributed by atoms with Gasteiger partial charge in [-0.25, -0.2) is 4.79 Å². The van der Waals surface area contributed by atoms with Crippen LogP contribution in [0.15, 0.2) is 66.7 Å². The minimum absolute atomic E-state index is 0. The second kappa shape index (κ2) is 11.3. The van der Waals surface area contributed by atoms with Gasteiger partial charge in [-0.1, -0.05) is 59.6 Å². The summed E-state index contributed by atoms with van der Waals surface area (Å²) in [5.74, 6) is -0.953. The molecular formula is C23H22Cl3NO3. The first kappa shape index (κ1) is 24.2. The van der Waals surface area contributed by atoms with Crippen molar-refractivity contribution < 1.29 is 15.0 Å². The van der Waals surface area contributed by atoms with Gasteiger partial charge < -0.3 is 15.5 Å². The summed E-state index contributed by atoms with van der Waals surface area (Å²) in [4.78, 5) is 11.0. The second-order valence-electron chi connectivity index (χ2n) is 6.72. The number of carbonyl (C=O) groups is 1. The van der Waals surface area contributed by atoms with E-state index in [4.69, 9.17) is 28.3 Å². The zero-order chi connectivity index (χ0) is 20.8. The van der Waals surface area contributed by atoms with Gasteiger partial charge in [0.05, 0.1) is 11.7 Å². The molecule has 0 heterocycles. The molecule has 0 aliphatic carbocycles. The summed E-state index contributed by atoms with van der Waals surface area (Å²) in [5.41, 5.74) is 3.83. The Morgan fingerprint density at radius 2 is 1.73 bits per heavy atom. The Balaban J connectivity index is 0.00000320.